The van der Waals surface area contributed by atoms with Crippen molar-refractivity contribution in [2.24, 2.45) is 0 Å². The molecular weight excluding hydrogens is 150 g/mol. The standard InChI is InChI=1S/C6H9NO2S/c1-5(8)7-4-2-3-6(9)10/h2,4H,3H2,1H3,(H,7,8)(H,9,10)/b4-2-. The van der Waals surface area contributed by atoms with Crippen LogP contribution in [0.1, 0.15) is 13.3 Å². The van der Waals surface area contributed by atoms with Gasteiger partial charge in [0.25, 0.3) is 0 Å². The monoisotopic (exact) mass is 159 g/mol. The molecule has 10 heavy (non-hydrogen) atoms. The molecule has 0 aromatic heterocycles. The van der Waals surface area contributed by atoms with Crippen molar-refractivity contribution in [2.75, 3.05) is 0 Å². The molecule has 0 spiro atoms. The zero-order chi connectivity index (χ0) is 7.98. The highest BCUT2D eigenvalue weighted by Gasteiger charge is 1.86. The molecule has 3 nitrogen and oxygen atoms in total. The van der Waals surface area contributed by atoms with E-state index in [0.29, 0.717) is 0 Å². The Kier molecular flexibility index (Phi) is 4.66. The maximum atomic E-state index is 10.2. The molecule has 0 radical (unpaired) electrons. The van der Waals surface area contributed by atoms with E-state index in [2.05, 4.69) is 17.9 Å². The van der Waals surface area contributed by atoms with E-state index in [4.69, 9.17) is 0 Å². The van der Waals surface area contributed by atoms with Gasteiger partial charge in [-0.05, 0) is 0 Å². The van der Waals surface area contributed by atoms with Crippen molar-refractivity contribution >= 4 is 23.7 Å². The molecule has 0 aliphatic heterocycles. The summed E-state index contributed by atoms with van der Waals surface area (Å²) in [7, 11) is 0. The van der Waals surface area contributed by atoms with Crippen LogP contribution in [0.4, 0.5) is 0 Å². The molecule has 1 amide bonds. The van der Waals surface area contributed by atoms with E-state index in [1.54, 1.807) is 0 Å². The Hall–Kier alpha value is -0.770. The Labute approximate surface area is 64.9 Å². The topological polar surface area (TPSA) is 46.2 Å². The van der Waals surface area contributed by atoms with Gasteiger partial charge < -0.3 is 5.32 Å². The summed E-state index contributed by atoms with van der Waals surface area (Å²) in [5.74, 6) is -0.150. The van der Waals surface area contributed by atoms with Crippen molar-refractivity contribution in [3.05, 3.63) is 12.3 Å². The lowest BCUT2D eigenvalue weighted by Crippen LogP contribution is -2.11. The van der Waals surface area contributed by atoms with Gasteiger partial charge >= 0.3 is 0 Å². The van der Waals surface area contributed by atoms with E-state index in [-0.39, 0.29) is 17.4 Å². The van der Waals surface area contributed by atoms with Crippen molar-refractivity contribution in [1.29, 1.82) is 0 Å². The summed E-state index contributed by atoms with van der Waals surface area (Å²) in [5.41, 5.74) is 0. The van der Waals surface area contributed by atoms with E-state index < -0.39 is 0 Å². The zero-order valence-corrected chi connectivity index (χ0v) is 6.52. The van der Waals surface area contributed by atoms with Crippen molar-refractivity contribution in [1.82, 2.24) is 5.32 Å². The largest absolute Gasteiger partial charge is 0.333 e. The van der Waals surface area contributed by atoms with Crippen LogP contribution < -0.4 is 5.32 Å². The van der Waals surface area contributed by atoms with E-state index >= 15 is 0 Å². The number of carbonyl (C=O) groups is 2. The molecule has 0 bridgehead atoms. The lowest BCUT2D eigenvalue weighted by atomic mass is 10.4. The van der Waals surface area contributed by atoms with Crippen molar-refractivity contribution in [3.63, 3.8) is 0 Å². The van der Waals surface area contributed by atoms with E-state index in [1.165, 1.54) is 19.2 Å². The third kappa shape index (κ3) is 7.23. The summed E-state index contributed by atoms with van der Waals surface area (Å²) in [6, 6.07) is 0. The van der Waals surface area contributed by atoms with Gasteiger partial charge in [-0.1, -0.05) is 6.08 Å². The average Bonchev–Trinajstić information content (AvgIpc) is 1.79. The molecule has 0 saturated heterocycles. The quantitative estimate of drug-likeness (QED) is 0.588. The second-order valence-electron chi connectivity index (χ2n) is 1.70. The third-order valence-electron chi connectivity index (χ3n) is 0.697. The lowest BCUT2D eigenvalue weighted by Gasteiger charge is -1.88. The molecule has 0 atom stereocenters. The first-order valence-electron chi connectivity index (χ1n) is 2.77. The number of amides is 1. The molecule has 0 rings (SSSR count). The van der Waals surface area contributed by atoms with Gasteiger partial charge in [-0.25, -0.2) is 0 Å². The fourth-order valence-electron chi connectivity index (χ4n) is 0.336. The van der Waals surface area contributed by atoms with Crippen LogP contribution in [0.15, 0.2) is 12.3 Å². The van der Waals surface area contributed by atoms with Gasteiger partial charge in [0.05, 0.1) is 0 Å². The van der Waals surface area contributed by atoms with Crippen LogP contribution in [0, 0.1) is 0 Å². The van der Waals surface area contributed by atoms with Crippen LogP contribution in [-0.2, 0) is 9.59 Å². The zero-order valence-electron chi connectivity index (χ0n) is 5.63. The second kappa shape index (κ2) is 5.05. The van der Waals surface area contributed by atoms with Gasteiger partial charge in [0.2, 0.25) is 5.91 Å². The Morgan fingerprint density at radius 1 is 1.60 bits per heavy atom. The molecule has 0 fully saturated rings. The van der Waals surface area contributed by atoms with Crippen molar-refractivity contribution < 1.29 is 9.59 Å². The van der Waals surface area contributed by atoms with Crippen LogP contribution in [0.25, 0.3) is 0 Å². The van der Waals surface area contributed by atoms with Crippen molar-refractivity contribution in [3.8, 4) is 0 Å². The number of allylic oxidation sites excluding steroid dienone is 1. The molecule has 0 heterocycles. The summed E-state index contributed by atoms with van der Waals surface area (Å²) in [5, 5.41) is 2.17. The van der Waals surface area contributed by atoms with Crippen LogP contribution in [0.3, 0.4) is 0 Å². The van der Waals surface area contributed by atoms with E-state index in [0.717, 1.165) is 0 Å². The summed E-state index contributed by atoms with van der Waals surface area (Å²) in [6.07, 6.45) is 3.20. The normalized spacial score (nSPS) is 9.80. The molecule has 1 N–H and O–H groups in total. The second-order valence-corrected chi connectivity index (χ2v) is 2.20. The van der Waals surface area contributed by atoms with Gasteiger partial charge in [0.15, 0.2) is 5.12 Å². The van der Waals surface area contributed by atoms with E-state index in [1.807, 2.05) is 0 Å². The number of thiol groups is 1. The molecule has 0 aliphatic rings. The number of rotatable bonds is 3. The number of carbonyl (C=O) groups excluding carboxylic acids is 2. The first-order valence-corrected chi connectivity index (χ1v) is 3.21. The first kappa shape index (κ1) is 9.23. The third-order valence-corrected chi connectivity index (χ3v) is 0.879. The molecule has 0 aromatic carbocycles. The highest BCUT2D eigenvalue weighted by atomic mass is 32.1. The lowest BCUT2D eigenvalue weighted by molar-refractivity contribution is -0.118. The smallest absolute Gasteiger partial charge is 0.220 e. The molecule has 0 aliphatic carbocycles. The molecule has 56 valence electrons. The Morgan fingerprint density at radius 3 is 2.60 bits per heavy atom. The minimum Gasteiger partial charge on any atom is -0.333 e. The maximum absolute atomic E-state index is 10.2. The van der Waals surface area contributed by atoms with Gasteiger partial charge in [-0.3, -0.25) is 9.59 Å². The number of nitrogens with one attached hydrogen (secondary N) is 1. The van der Waals surface area contributed by atoms with Crippen LogP contribution in [-0.4, -0.2) is 11.0 Å². The average molecular weight is 159 g/mol. The minimum absolute atomic E-state index is 0.150. The van der Waals surface area contributed by atoms with E-state index in [9.17, 15) is 9.59 Å². The number of hydrogen-bond acceptors (Lipinski definition) is 2. The van der Waals surface area contributed by atoms with Gasteiger partial charge in [0, 0.05) is 19.5 Å². The molecule has 0 saturated carbocycles. The first-order chi connectivity index (χ1) is 4.63. The molecule has 0 aromatic rings. The molecule has 4 heteroatoms. The molecular formula is C6H9NO2S. The highest BCUT2D eigenvalue weighted by molar-refractivity contribution is 7.96. The Morgan fingerprint density at radius 2 is 2.20 bits per heavy atom. The predicted molar refractivity (Wildman–Crippen MR) is 41.6 cm³/mol. The highest BCUT2D eigenvalue weighted by Crippen LogP contribution is 1.87. The summed E-state index contributed by atoms with van der Waals surface area (Å²) >= 11 is 3.52. The van der Waals surface area contributed by atoms with Crippen LogP contribution >= 0.6 is 12.6 Å². The number of hydrogen-bond donors (Lipinski definition) is 2. The minimum atomic E-state index is -0.221. The SMILES string of the molecule is CC(=O)N/C=C\CC(=O)S. The Bertz CT molecular complexity index is 147. The van der Waals surface area contributed by atoms with Gasteiger partial charge in [-0.15, -0.1) is 12.6 Å². The summed E-state index contributed by atoms with van der Waals surface area (Å²) in [6.45, 7) is 1.40. The van der Waals surface area contributed by atoms with Crippen molar-refractivity contribution in [2.45, 2.75) is 13.3 Å². The maximum Gasteiger partial charge on any atom is 0.220 e. The van der Waals surface area contributed by atoms with Crippen LogP contribution in [0.2, 0.25) is 0 Å². The fraction of sp³-hybridized carbons (Fsp3) is 0.333. The summed E-state index contributed by atoms with van der Waals surface area (Å²) < 4.78 is 0. The van der Waals surface area contributed by atoms with Gasteiger partial charge in [0.1, 0.15) is 0 Å². The van der Waals surface area contributed by atoms with Gasteiger partial charge in [-0.2, -0.15) is 0 Å². The predicted octanol–water partition coefficient (Wildman–Crippen LogP) is 0.483. The fourth-order valence-corrected chi connectivity index (χ4v) is 0.441. The van der Waals surface area contributed by atoms with Crippen LogP contribution in [0.5, 0.6) is 0 Å². The molecule has 0 unspecified atom stereocenters. The summed E-state index contributed by atoms with van der Waals surface area (Å²) in [4.78, 5) is 20.4. The Balaban J connectivity index is 3.38.